The summed E-state index contributed by atoms with van der Waals surface area (Å²) in [6.07, 6.45) is -2.38. The van der Waals surface area contributed by atoms with Crippen LogP contribution < -0.4 is 0 Å². The molecule has 0 aromatic heterocycles. The summed E-state index contributed by atoms with van der Waals surface area (Å²) in [4.78, 5) is 12.0. The molecule has 3 heterocycles. The van der Waals surface area contributed by atoms with Crippen LogP contribution in [0.2, 0.25) is 0 Å². The maximum Gasteiger partial charge on any atom is 0.302 e. The van der Waals surface area contributed by atoms with E-state index < -0.39 is 34.3 Å². The van der Waals surface area contributed by atoms with Crippen LogP contribution in [0.25, 0.3) is 0 Å². The van der Waals surface area contributed by atoms with Gasteiger partial charge < -0.3 is 23.7 Å². The lowest BCUT2D eigenvalue weighted by Gasteiger charge is -2.49. The first-order chi connectivity index (χ1) is 16.4. The molecule has 182 valence electrons. The second-order valence-electron chi connectivity index (χ2n) is 8.89. The second-order valence-corrected chi connectivity index (χ2v) is 10.9. The Labute approximate surface area is 199 Å². The molecule has 7 atom stereocenters. The Balaban J connectivity index is 1.31. The van der Waals surface area contributed by atoms with Gasteiger partial charge >= 0.3 is 5.97 Å². The summed E-state index contributed by atoms with van der Waals surface area (Å²) >= 11 is 0. The Morgan fingerprint density at radius 1 is 0.882 bits per heavy atom. The summed E-state index contributed by atoms with van der Waals surface area (Å²) in [6, 6.07) is 17.9. The van der Waals surface area contributed by atoms with E-state index in [-0.39, 0.29) is 35.1 Å². The molecule has 0 spiro atoms. The first kappa shape index (κ1) is 23.4. The van der Waals surface area contributed by atoms with Gasteiger partial charge in [0.05, 0.1) is 35.6 Å². The van der Waals surface area contributed by atoms with E-state index in [4.69, 9.17) is 23.7 Å². The highest BCUT2D eigenvalue weighted by Crippen LogP contribution is 2.39. The van der Waals surface area contributed by atoms with Gasteiger partial charge in [-0.05, 0) is 12.1 Å². The van der Waals surface area contributed by atoms with Crippen LogP contribution in [0.4, 0.5) is 0 Å². The topological polar surface area (TPSA) is 97.4 Å². The molecule has 0 bridgehead atoms. The predicted molar refractivity (Wildman–Crippen MR) is 121 cm³/mol. The molecule has 5 rings (SSSR count). The molecule has 0 aliphatic carbocycles. The van der Waals surface area contributed by atoms with Crippen LogP contribution in [-0.2, 0) is 38.3 Å². The number of ether oxygens (including phenoxy) is 5. The lowest BCUT2D eigenvalue weighted by atomic mass is 9.90. The zero-order valence-electron chi connectivity index (χ0n) is 18.8. The summed E-state index contributed by atoms with van der Waals surface area (Å²) in [5, 5.41) is 0. The molecular formula is C25H28O8S. The maximum absolute atomic E-state index is 13.0. The Morgan fingerprint density at radius 2 is 1.53 bits per heavy atom. The molecule has 3 saturated heterocycles. The van der Waals surface area contributed by atoms with Gasteiger partial charge in [-0.3, -0.25) is 4.79 Å². The summed E-state index contributed by atoms with van der Waals surface area (Å²) < 4.78 is 56.1. The normalized spacial score (nSPS) is 33.4. The van der Waals surface area contributed by atoms with Crippen LogP contribution in [0.15, 0.2) is 65.6 Å². The monoisotopic (exact) mass is 488 g/mol. The molecule has 2 aromatic rings. The van der Waals surface area contributed by atoms with Crippen molar-refractivity contribution in [3.8, 4) is 0 Å². The standard InChI is InChI=1S/C25H28O8S/c1-16(26)30-22-13-19-20(32-24(22)15-34(27,28)18-10-6-3-7-11-18)12-21-23(31-19)14-29-25(33-21)17-8-4-2-5-9-17/h2-11,19-25H,12-15H2,1H3/t19-,20+,21-,22-,23+,24-,25+/m0/s1. The number of hydrogen-bond acceptors (Lipinski definition) is 8. The zero-order chi connectivity index (χ0) is 23.7. The average Bonchev–Trinajstić information content (AvgIpc) is 2.83. The maximum atomic E-state index is 13.0. The molecule has 0 N–H and O–H groups in total. The van der Waals surface area contributed by atoms with E-state index in [1.807, 2.05) is 30.3 Å². The van der Waals surface area contributed by atoms with Gasteiger partial charge in [0, 0.05) is 25.3 Å². The van der Waals surface area contributed by atoms with E-state index in [1.54, 1.807) is 30.3 Å². The van der Waals surface area contributed by atoms with Crippen molar-refractivity contribution in [3.05, 3.63) is 66.2 Å². The van der Waals surface area contributed by atoms with E-state index in [2.05, 4.69) is 0 Å². The Bertz CT molecular complexity index is 1090. The summed E-state index contributed by atoms with van der Waals surface area (Å²) in [7, 11) is -3.64. The fourth-order valence-corrected chi connectivity index (χ4v) is 6.34. The number of hydrogen-bond donors (Lipinski definition) is 0. The van der Waals surface area contributed by atoms with Crippen molar-refractivity contribution in [2.45, 2.75) is 67.6 Å². The molecule has 0 saturated carbocycles. The zero-order valence-corrected chi connectivity index (χ0v) is 19.6. The largest absolute Gasteiger partial charge is 0.460 e. The molecule has 3 fully saturated rings. The van der Waals surface area contributed by atoms with Gasteiger partial charge in [0.1, 0.15) is 18.3 Å². The fraction of sp³-hybridized carbons (Fsp3) is 0.480. The van der Waals surface area contributed by atoms with E-state index in [1.165, 1.54) is 6.92 Å². The van der Waals surface area contributed by atoms with Crippen LogP contribution in [0.1, 0.15) is 31.6 Å². The third-order valence-corrected chi connectivity index (χ3v) is 8.22. The highest BCUT2D eigenvalue weighted by Gasteiger charge is 2.50. The Kier molecular flexibility index (Phi) is 6.72. The van der Waals surface area contributed by atoms with Crippen LogP contribution in [0.5, 0.6) is 0 Å². The van der Waals surface area contributed by atoms with Crippen molar-refractivity contribution >= 4 is 15.8 Å². The summed E-state index contributed by atoms with van der Waals surface area (Å²) in [5.41, 5.74) is 0.925. The predicted octanol–water partition coefficient (Wildman–Crippen LogP) is 2.82. The SMILES string of the molecule is CC(=O)O[C@H]1C[C@@H]2O[C@@H]3CO[C@@H](c4ccccc4)O[C@H]3C[C@H]2O[C@H]1CS(=O)(=O)c1ccccc1. The number of carbonyl (C=O) groups excluding carboxylic acids is 1. The van der Waals surface area contributed by atoms with E-state index in [0.29, 0.717) is 19.4 Å². The number of carbonyl (C=O) groups is 1. The minimum atomic E-state index is -3.64. The fourth-order valence-electron chi connectivity index (χ4n) is 4.85. The number of rotatable bonds is 5. The van der Waals surface area contributed by atoms with Crippen molar-refractivity contribution in [1.29, 1.82) is 0 Å². The first-order valence-electron chi connectivity index (χ1n) is 11.5. The third kappa shape index (κ3) is 5.04. The van der Waals surface area contributed by atoms with Gasteiger partial charge in [-0.1, -0.05) is 48.5 Å². The Morgan fingerprint density at radius 3 is 2.24 bits per heavy atom. The number of fused-ring (bicyclic) bond motifs is 2. The highest BCUT2D eigenvalue weighted by atomic mass is 32.2. The molecule has 9 heteroatoms. The van der Waals surface area contributed by atoms with Crippen molar-refractivity contribution in [1.82, 2.24) is 0 Å². The summed E-state index contributed by atoms with van der Waals surface area (Å²) in [5.74, 6) is -0.777. The smallest absolute Gasteiger partial charge is 0.302 e. The number of benzene rings is 2. The number of sulfone groups is 1. The van der Waals surface area contributed by atoms with Gasteiger partial charge in [0.2, 0.25) is 0 Å². The lowest BCUT2D eigenvalue weighted by Crippen LogP contribution is -2.60. The van der Waals surface area contributed by atoms with Crippen molar-refractivity contribution in [2.24, 2.45) is 0 Å². The Hall–Kier alpha value is -2.30. The molecule has 0 amide bonds. The van der Waals surface area contributed by atoms with Gasteiger partial charge in [-0.15, -0.1) is 0 Å². The van der Waals surface area contributed by atoms with Crippen molar-refractivity contribution in [3.63, 3.8) is 0 Å². The van der Waals surface area contributed by atoms with E-state index in [0.717, 1.165) is 5.56 Å². The molecule has 2 aromatic carbocycles. The van der Waals surface area contributed by atoms with E-state index in [9.17, 15) is 13.2 Å². The van der Waals surface area contributed by atoms with Crippen LogP contribution >= 0.6 is 0 Å². The summed E-state index contributed by atoms with van der Waals surface area (Å²) in [6.45, 7) is 1.68. The van der Waals surface area contributed by atoms with Crippen molar-refractivity contribution < 1.29 is 36.9 Å². The van der Waals surface area contributed by atoms with Crippen LogP contribution in [0, 0.1) is 0 Å². The quantitative estimate of drug-likeness (QED) is 0.593. The average molecular weight is 489 g/mol. The van der Waals surface area contributed by atoms with Gasteiger partial charge in [-0.2, -0.15) is 0 Å². The molecule has 0 unspecified atom stereocenters. The lowest BCUT2D eigenvalue weighted by molar-refractivity contribution is -0.320. The molecule has 3 aliphatic heterocycles. The molecule has 8 nitrogen and oxygen atoms in total. The third-order valence-electron chi connectivity index (χ3n) is 6.46. The number of esters is 1. The second kappa shape index (κ2) is 9.75. The van der Waals surface area contributed by atoms with Gasteiger partial charge in [0.15, 0.2) is 16.1 Å². The van der Waals surface area contributed by atoms with E-state index >= 15 is 0 Å². The first-order valence-corrected chi connectivity index (χ1v) is 13.1. The minimum Gasteiger partial charge on any atom is -0.460 e. The van der Waals surface area contributed by atoms with Crippen LogP contribution in [0.3, 0.4) is 0 Å². The molecule has 0 radical (unpaired) electrons. The van der Waals surface area contributed by atoms with Gasteiger partial charge in [0.25, 0.3) is 0 Å². The minimum absolute atomic E-state index is 0.209. The van der Waals surface area contributed by atoms with Gasteiger partial charge in [-0.25, -0.2) is 8.42 Å². The highest BCUT2D eigenvalue weighted by molar-refractivity contribution is 7.91. The molecule has 3 aliphatic rings. The molecular weight excluding hydrogens is 460 g/mol. The van der Waals surface area contributed by atoms with Crippen LogP contribution in [-0.4, -0.2) is 63.4 Å². The molecule has 34 heavy (non-hydrogen) atoms. The van der Waals surface area contributed by atoms with Crippen molar-refractivity contribution in [2.75, 3.05) is 12.4 Å².